The highest BCUT2D eigenvalue weighted by atomic mass is 14.9. The van der Waals surface area contributed by atoms with Crippen LogP contribution in [0.1, 0.15) is 36.8 Å². The Balaban J connectivity index is 2.16. The van der Waals surface area contributed by atoms with Crippen LogP contribution in [-0.4, -0.2) is 12.6 Å². The number of nitrogens with zero attached hydrogens (tertiary/aromatic N) is 1. The average molecular weight is 278 g/mol. The van der Waals surface area contributed by atoms with Gasteiger partial charge in [0.1, 0.15) is 0 Å². The molecule has 0 aromatic heterocycles. The molecule has 2 rings (SSSR count). The molecule has 0 heterocycles. The topological polar surface area (TPSA) is 35.8 Å². The van der Waals surface area contributed by atoms with Gasteiger partial charge in [0.15, 0.2) is 0 Å². The van der Waals surface area contributed by atoms with Crippen molar-refractivity contribution in [1.82, 2.24) is 5.32 Å². The molecule has 2 aromatic rings. The second kappa shape index (κ2) is 8.24. The maximum atomic E-state index is 8.88. The predicted octanol–water partition coefficient (Wildman–Crippen LogP) is 4.10. The maximum Gasteiger partial charge on any atom is 0.0638 e. The zero-order valence-corrected chi connectivity index (χ0v) is 12.5. The van der Waals surface area contributed by atoms with Crippen LogP contribution in [0.2, 0.25) is 0 Å². The van der Waals surface area contributed by atoms with E-state index in [1.807, 2.05) is 12.1 Å². The molecule has 0 amide bonds. The van der Waals surface area contributed by atoms with Crippen LogP contribution < -0.4 is 5.32 Å². The van der Waals surface area contributed by atoms with E-state index in [2.05, 4.69) is 66.8 Å². The van der Waals surface area contributed by atoms with E-state index in [9.17, 15) is 0 Å². The monoisotopic (exact) mass is 278 g/mol. The van der Waals surface area contributed by atoms with Gasteiger partial charge in [-0.3, -0.25) is 0 Å². The van der Waals surface area contributed by atoms with E-state index < -0.39 is 0 Å². The molecule has 1 N–H and O–H groups in total. The molecule has 2 nitrogen and oxygen atoms in total. The fourth-order valence-corrected chi connectivity index (χ4v) is 2.55. The van der Waals surface area contributed by atoms with Gasteiger partial charge < -0.3 is 5.32 Å². The van der Waals surface area contributed by atoms with Crippen molar-refractivity contribution in [3.63, 3.8) is 0 Å². The molecule has 0 aliphatic carbocycles. The lowest BCUT2D eigenvalue weighted by atomic mass is 9.91. The van der Waals surface area contributed by atoms with E-state index in [-0.39, 0.29) is 6.04 Å². The highest BCUT2D eigenvalue weighted by molar-refractivity contribution is 5.32. The van der Waals surface area contributed by atoms with Crippen molar-refractivity contribution in [2.45, 2.75) is 31.7 Å². The van der Waals surface area contributed by atoms with E-state index in [1.165, 1.54) is 11.1 Å². The van der Waals surface area contributed by atoms with Crippen molar-refractivity contribution in [2.24, 2.45) is 0 Å². The maximum absolute atomic E-state index is 8.88. The van der Waals surface area contributed by atoms with Gasteiger partial charge in [-0.2, -0.15) is 5.26 Å². The number of hydrogen-bond acceptors (Lipinski definition) is 2. The van der Waals surface area contributed by atoms with E-state index in [1.54, 1.807) is 0 Å². The molecule has 0 spiro atoms. The van der Waals surface area contributed by atoms with E-state index >= 15 is 0 Å². The first-order chi connectivity index (χ1) is 10.3. The zero-order chi connectivity index (χ0) is 14.9. The fraction of sp³-hybridized carbons (Fsp3) is 0.316. The quantitative estimate of drug-likeness (QED) is 0.827. The normalized spacial score (nSPS) is 12.0. The lowest BCUT2D eigenvalue weighted by molar-refractivity contribution is 0.492. The van der Waals surface area contributed by atoms with Crippen LogP contribution in [-0.2, 0) is 0 Å². The summed E-state index contributed by atoms with van der Waals surface area (Å²) >= 11 is 0. The summed E-state index contributed by atoms with van der Waals surface area (Å²) < 4.78 is 0. The molecule has 1 atom stereocenters. The Morgan fingerprint density at radius 2 is 1.48 bits per heavy atom. The van der Waals surface area contributed by atoms with E-state index in [0.29, 0.717) is 12.3 Å². The number of hydrogen-bond donors (Lipinski definition) is 1. The molecule has 0 bridgehead atoms. The van der Waals surface area contributed by atoms with Crippen LogP contribution >= 0.6 is 0 Å². The third-order valence-electron chi connectivity index (χ3n) is 3.85. The number of nitrogens with one attached hydrogen (secondary N) is 1. The summed E-state index contributed by atoms with van der Waals surface area (Å²) in [6.45, 7) is 2.98. The van der Waals surface area contributed by atoms with Crippen molar-refractivity contribution in [3.8, 4) is 6.07 Å². The Hall–Kier alpha value is -2.11. The molecule has 0 fully saturated rings. The largest absolute Gasteiger partial charge is 0.312 e. The molecule has 0 aliphatic rings. The van der Waals surface area contributed by atoms with Gasteiger partial charge in [-0.15, -0.1) is 0 Å². The Morgan fingerprint density at radius 3 is 1.90 bits per heavy atom. The first-order valence-corrected chi connectivity index (χ1v) is 7.55. The molecular formula is C19H22N2. The minimum absolute atomic E-state index is 0.268. The SMILES string of the molecule is CCC(CC#N)NCC(c1ccccc1)c1ccccc1. The second-order valence-electron chi connectivity index (χ2n) is 5.25. The third-order valence-corrected chi connectivity index (χ3v) is 3.85. The minimum Gasteiger partial charge on any atom is -0.312 e. The Kier molecular flexibility index (Phi) is 5.99. The molecular weight excluding hydrogens is 256 g/mol. The molecule has 0 aliphatic heterocycles. The summed E-state index contributed by atoms with van der Waals surface area (Å²) in [5, 5.41) is 12.4. The smallest absolute Gasteiger partial charge is 0.0638 e. The van der Waals surface area contributed by atoms with Crippen LogP contribution in [0.25, 0.3) is 0 Å². The van der Waals surface area contributed by atoms with Crippen molar-refractivity contribution in [2.75, 3.05) is 6.54 Å². The first-order valence-electron chi connectivity index (χ1n) is 7.55. The van der Waals surface area contributed by atoms with E-state index in [4.69, 9.17) is 5.26 Å². The molecule has 0 saturated carbocycles. The summed E-state index contributed by atoms with van der Waals surface area (Å²) in [5.41, 5.74) is 2.62. The number of benzene rings is 2. The van der Waals surface area contributed by atoms with Gasteiger partial charge in [0.25, 0.3) is 0 Å². The van der Waals surface area contributed by atoms with Gasteiger partial charge in [0.2, 0.25) is 0 Å². The molecule has 1 unspecified atom stereocenters. The van der Waals surface area contributed by atoms with Crippen LogP contribution in [0.15, 0.2) is 60.7 Å². The van der Waals surface area contributed by atoms with Gasteiger partial charge in [-0.1, -0.05) is 67.6 Å². The van der Waals surface area contributed by atoms with Gasteiger partial charge in [0.05, 0.1) is 12.5 Å². The lowest BCUT2D eigenvalue weighted by Crippen LogP contribution is -2.32. The Bertz CT molecular complexity index is 518. The summed E-state index contributed by atoms with van der Waals surface area (Å²) in [6.07, 6.45) is 1.54. The number of rotatable bonds is 7. The summed E-state index contributed by atoms with van der Waals surface area (Å²) in [5.74, 6) is 0.320. The van der Waals surface area contributed by atoms with E-state index in [0.717, 1.165) is 13.0 Å². The second-order valence-corrected chi connectivity index (χ2v) is 5.25. The molecule has 0 radical (unpaired) electrons. The first kappa shape index (κ1) is 15.3. The molecule has 2 aromatic carbocycles. The molecule has 0 saturated heterocycles. The zero-order valence-electron chi connectivity index (χ0n) is 12.5. The molecule has 108 valence electrons. The molecule has 21 heavy (non-hydrogen) atoms. The van der Waals surface area contributed by atoms with Gasteiger partial charge in [0, 0.05) is 18.5 Å². The summed E-state index contributed by atoms with van der Waals surface area (Å²) in [6, 6.07) is 23.6. The Labute approximate surface area is 127 Å². The number of nitriles is 1. The third kappa shape index (κ3) is 4.44. The lowest BCUT2D eigenvalue weighted by Gasteiger charge is -2.22. The summed E-state index contributed by atoms with van der Waals surface area (Å²) in [4.78, 5) is 0. The van der Waals surface area contributed by atoms with Crippen LogP contribution in [0, 0.1) is 11.3 Å². The van der Waals surface area contributed by atoms with Crippen molar-refractivity contribution in [1.29, 1.82) is 5.26 Å². The van der Waals surface area contributed by atoms with Gasteiger partial charge >= 0.3 is 0 Å². The van der Waals surface area contributed by atoms with Crippen molar-refractivity contribution >= 4 is 0 Å². The highest BCUT2D eigenvalue weighted by Gasteiger charge is 2.15. The predicted molar refractivity (Wildman–Crippen MR) is 87.0 cm³/mol. The minimum atomic E-state index is 0.268. The average Bonchev–Trinajstić information content (AvgIpc) is 2.56. The van der Waals surface area contributed by atoms with Crippen LogP contribution in [0.3, 0.4) is 0 Å². The van der Waals surface area contributed by atoms with Gasteiger partial charge in [-0.05, 0) is 17.5 Å². The fourth-order valence-electron chi connectivity index (χ4n) is 2.55. The molecule has 2 heteroatoms. The van der Waals surface area contributed by atoms with Gasteiger partial charge in [-0.25, -0.2) is 0 Å². The van der Waals surface area contributed by atoms with Crippen LogP contribution in [0.5, 0.6) is 0 Å². The van der Waals surface area contributed by atoms with Crippen molar-refractivity contribution in [3.05, 3.63) is 71.8 Å². The standard InChI is InChI=1S/C19H22N2/c1-2-18(13-14-20)21-15-19(16-9-5-3-6-10-16)17-11-7-4-8-12-17/h3-12,18-19,21H,2,13,15H2,1H3. The van der Waals surface area contributed by atoms with Crippen LogP contribution in [0.4, 0.5) is 0 Å². The highest BCUT2D eigenvalue weighted by Crippen LogP contribution is 2.24. The van der Waals surface area contributed by atoms with Crippen molar-refractivity contribution < 1.29 is 0 Å². The Morgan fingerprint density at radius 1 is 0.952 bits per heavy atom. The summed E-state index contributed by atoms with van der Waals surface area (Å²) in [7, 11) is 0.